The van der Waals surface area contributed by atoms with Crippen LogP contribution in [0.4, 0.5) is 5.82 Å². The number of aryl methyl sites for hydroxylation is 1. The van der Waals surface area contributed by atoms with Gasteiger partial charge in [-0.05, 0) is 24.6 Å². The Morgan fingerprint density at radius 3 is 2.58 bits per heavy atom. The van der Waals surface area contributed by atoms with E-state index in [9.17, 15) is 5.26 Å². The molecule has 3 saturated heterocycles. The van der Waals surface area contributed by atoms with E-state index in [1.54, 1.807) is 15.4 Å². The number of terminal acetylenes is 1. The van der Waals surface area contributed by atoms with E-state index in [4.69, 9.17) is 11.4 Å². The number of rotatable bonds is 4. The third kappa shape index (κ3) is 3.15. The molecule has 2 bridgehead atoms. The maximum atomic E-state index is 9.63. The highest BCUT2D eigenvalue weighted by Crippen LogP contribution is 2.35. The summed E-state index contributed by atoms with van der Waals surface area (Å²) in [5, 5.41) is 18.3. The van der Waals surface area contributed by atoms with Gasteiger partial charge in [-0.25, -0.2) is 9.50 Å². The molecule has 33 heavy (non-hydrogen) atoms. The van der Waals surface area contributed by atoms with Crippen molar-refractivity contribution in [1.82, 2.24) is 29.3 Å². The van der Waals surface area contributed by atoms with Crippen LogP contribution in [-0.4, -0.2) is 61.0 Å². The number of fused-ring (bicyclic) bond motifs is 3. The van der Waals surface area contributed by atoms with E-state index >= 15 is 0 Å². The predicted molar refractivity (Wildman–Crippen MR) is 125 cm³/mol. The minimum atomic E-state index is 0.516. The van der Waals surface area contributed by atoms with E-state index < -0.39 is 0 Å². The molecule has 2 unspecified atom stereocenters. The Balaban J connectivity index is 1.36. The third-order valence-electron chi connectivity index (χ3n) is 6.77. The van der Waals surface area contributed by atoms with Crippen LogP contribution in [0.25, 0.3) is 27.8 Å². The van der Waals surface area contributed by atoms with Gasteiger partial charge in [-0.2, -0.15) is 15.5 Å². The summed E-state index contributed by atoms with van der Waals surface area (Å²) in [6.07, 6.45) is 16.0. The second-order valence-electron chi connectivity index (χ2n) is 8.74. The number of nitrogens with zero attached hydrogens (tertiary/aromatic N) is 8. The normalized spacial score (nSPS) is 19.8. The molecule has 3 fully saturated rings. The molecule has 0 radical (unpaired) electrons. The van der Waals surface area contributed by atoms with Crippen LogP contribution >= 0.6 is 0 Å². The van der Waals surface area contributed by atoms with Crippen molar-refractivity contribution in [3.63, 3.8) is 0 Å². The number of aromatic nitrogens is 5. The van der Waals surface area contributed by atoms with Gasteiger partial charge in [0.1, 0.15) is 11.9 Å². The number of pyridine rings is 2. The second kappa shape index (κ2) is 7.47. The monoisotopic (exact) mass is 434 g/mol. The molecule has 0 N–H and O–H groups in total. The van der Waals surface area contributed by atoms with Gasteiger partial charge in [-0.1, -0.05) is 5.92 Å². The maximum absolute atomic E-state index is 9.63. The highest BCUT2D eigenvalue weighted by Gasteiger charge is 2.44. The average Bonchev–Trinajstić information content (AvgIpc) is 3.48. The molecule has 3 aliphatic rings. The van der Waals surface area contributed by atoms with Gasteiger partial charge in [0.2, 0.25) is 0 Å². The van der Waals surface area contributed by atoms with E-state index in [1.807, 2.05) is 31.8 Å². The van der Waals surface area contributed by atoms with Crippen molar-refractivity contribution >= 4 is 11.3 Å². The molecule has 4 aromatic heterocycles. The minimum absolute atomic E-state index is 0.516. The van der Waals surface area contributed by atoms with Crippen molar-refractivity contribution in [3.05, 3.63) is 54.7 Å². The Morgan fingerprint density at radius 2 is 1.91 bits per heavy atom. The summed E-state index contributed by atoms with van der Waals surface area (Å²) in [6, 6.07) is 9.53. The number of piperazine rings is 1. The summed E-state index contributed by atoms with van der Waals surface area (Å²) < 4.78 is 3.54. The molecular weight excluding hydrogens is 412 g/mol. The fourth-order valence-corrected chi connectivity index (χ4v) is 5.12. The molecular formula is C25H22N8. The Bertz CT molecular complexity index is 1420. The van der Waals surface area contributed by atoms with Gasteiger partial charge >= 0.3 is 0 Å². The van der Waals surface area contributed by atoms with E-state index in [0.29, 0.717) is 17.6 Å². The Hall–Kier alpha value is -4.14. The summed E-state index contributed by atoms with van der Waals surface area (Å²) in [7, 11) is 1.89. The summed E-state index contributed by atoms with van der Waals surface area (Å²) in [5.74, 6) is 3.75. The zero-order chi connectivity index (χ0) is 22.5. The summed E-state index contributed by atoms with van der Waals surface area (Å²) in [5.41, 5.74) is 5.16. The predicted octanol–water partition coefficient (Wildman–Crippen LogP) is 2.56. The SMILES string of the molecule is C#CCN1C2CC1CN(c1ccc(-c3cc(-c4cnn(C)c4)cn4ncc(C#N)c34)cn1)C2. The second-order valence-corrected chi connectivity index (χ2v) is 8.74. The topological polar surface area (TPSA) is 78.3 Å². The van der Waals surface area contributed by atoms with Crippen molar-refractivity contribution < 1.29 is 0 Å². The van der Waals surface area contributed by atoms with E-state index in [-0.39, 0.29) is 0 Å². The smallest absolute Gasteiger partial charge is 0.128 e. The van der Waals surface area contributed by atoms with Crippen molar-refractivity contribution in [1.29, 1.82) is 5.26 Å². The first-order valence-electron chi connectivity index (χ1n) is 11.0. The molecule has 0 saturated carbocycles. The van der Waals surface area contributed by atoms with Gasteiger partial charge in [0.25, 0.3) is 0 Å². The van der Waals surface area contributed by atoms with Gasteiger partial charge in [-0.15, -0.1) is 6.42 Å². The highest BCUT2D eigenvalue weighted by atomic mass is 15.4. The van der Waals surface area contributed by atoms with Gasteiger partial charge in [-0.3, -0.25) is 9.58 Å². The van der Waals surface area contributed by atoms with Crippen LogP contribution in [0.1, 0.15) is 12.0 Å². The number of piperidine rings is 1. The van der Waals surface area contributed by atoms with Crippen LogP contribution in [0.15, 0.2) is 49.2 Å². The lowest BCUT2D eigenvalue weighted by Gasteiger charge is -2.56. The fourth-order valence-electron chi connectivity index (χ4n) is 5.12. The van der Waals surface area contributed by atoms with E-state index in [1.165, 1.54) is 6.42 Å². The molecule has 0 aromatic carbocycles. The number of anilines is 1. The molecule has 3 aliphatic heterocycles. The average molecular weight is 435 g/mol. The zero-order valence-corrected chi connectivity index (χ0v) is 18.3. The van der Waals surface area contributed by atoms with Gasteiger partial charge in [0.15, 0.2) is 0 Å². The number of hydrogen-bond donors (Lipinski definition) is 0. The lowest BCUT2D eigenvalue weighted by Crippen LogP contribution is -2.68. The Kier molecular flexibility index (Phi) is 4.42. The van der Waals surface area contributed by atoms with Crippen LogP contribution in [0, 0.1) is 23.7 Å². The van der Waals surface area contributed by atoms with Crippen LogP contribution in [0.5, 0.6) is 0 Å². The molecule has 8 nitrogen and oxygen atoms in total. The van der Waals surface area contributed by atoms with Gasteiger partial charge < -0.3 is 4.90 Å². The quantitative estimate of drug-likeness (QED) is 0.460. The molecule has 162 valence electrons. The third-order valence-corrected chi connectivity index (χ3v) is 6.77. The summed E-state index contributed by atoms with van der Waals surface area (Å²) in [4.78, 5) is 9.55. The highest BCUT2D eigenvalue weighted by molar-refractivity contribution is 5.87. The van der Waals surface area contributed by atoms with Crippen molar-refractivity contribution in [2.45, 2.75) is 18.5 Å². The van der Waals surface area contributed by atoms with Crippen LogP contribution in [-0.2, 0) is 7.05 Å². The molecule has 7 rings (SSSR count). The van der Waals surface area contributed by atoms with E-state index in [2.05, 4.69) is 50.2 Å². The molecule has 0 aliphatic carbocycles. The largest absolute Gasteiger partial charge is 0.353 e. The molecule has 0 amide bonds. The molecule has 4 aromatic rings. The lowest BCUT2D eigenvalue weighted by atomic mass is 9.87. The van der Waals surface area contributed by atoms with Crippen molar-refractivity contribution in [3.8, 4) is 40.7 Å². The molecule has 8 heteroatoms. The van der Waals surface area contributed by atoms with Gasteiger partial charge in [0, 0.05) is 73.1 Å². The van der Waals surface area contributed by atoms with Crippen LogP contribution in [0.2, 0.25) is 0 Å². The summed E-state index contributed by atoms with van der Waals surface area (Å²) >= 11 is 0. The lowest BCUT2D eigenvalue weighted by molar-refractivity contribution is 0.0126. The maximum Gasteiger partial charge on any atom is 0.128 e. The molecule has 2 atom stereocenters. The van der Waals surface area contributed by atoms with Crippen LogP contribution in [0.3, 0.4) is 0 Å². The molecule has 7 heterocycles. The van der Waals surface area contributed by atoms with Crippen LogP contribution < -0.4 is 4.90 Å². The van der Waals surface area contributed by atoms with E-state index in [0.717, 1.165) is 53.2 Å². The minimum Gasteiger partial charge on any atom is -0.353 e. The standard InChI is InChI=1S/C25H22N8/c1-3-6-32-21-8-22(32)16-31(15-21)24-5-4-17(10-27-24)23-7-18(20-12-28-30(2)13-20)14-33-25(23)19(9-26)11-29-33/h1,4-5,7,10-14,21-22H,6,8,15-16H2,2H3. The first-order chi connectivity index (χ1) is 16.1. The Labute approximate surface area is 191 Å². The fraction of sp³-hybridized carbons (Fsp3) is 0.280. The van der Waals surface area contributed by atoms with Gasteiger partial charge in [0.05, 0.1) is 30.0 Å². The van der Waals surface area contributed by atoms with Crippen molar-refractivity contribution in [2.24, 2.45) is 7.05 Å². The first-order valence-corrected chi connectivity index (χ1v) is 11.0. The molecule has 0 spiro atoms. The zero-order valence-electron chi connectivity index (χ0n) is 18.3. The summed E-state index contributed by atoms with van der Waals surface area (Å²) in [6.45, 7) is 2.63. The van der Waals surface area contributed by atoms with Crippen molar-refractivity contribution in [2.75, 3.05) is 24.5 Å². The first kappa shape index (κ1) is 19.5. The number of hydrogen-bond acceptors (Lipinski definition) is 6. The number of nitriles is 1. The Morgan fingerprint density at radius 1 is 1.06 bits per heavy atom.